The van der Waals surface area contributed by atoms with Crippen LogP contribution >= 0.6 is 0 Å². The van der Waals surface area contributed by atoms with E-state index in [4.69, 9.17) is 14.2 Å². The first-order chi connectivity index (χ1) is 15.0. The van der Waals surface area contributed by atoms with Crippen LogP contribution in [0.25, 0.3) is 0 Å². The van der Waals surface area contributed by atoms with Crippen molar-refractivity contribution < 1.29 is 28.6 Å². The molecule has 1 saturated heterocycles. The van der Waals surface area contributed by atoms with Gasteiger partial charge >= 0.3 is 18.0 Å². The van der Waals surface area contributed by atoms with Gasteiger partial charge in [-0.3, -0.25) is 4.79 Å². The van der Waals surface area contributed by atoms with Crippen molar-refractivity contribution in [1.82, 2.24) is 4.90 Å². The van der Waals surface area contributed by atoms with Gasteiger partial charge < -0.3 is 19.1 Å². The summed E-state index contributed by atoms with van der Waals surface area (Å²) in [5.41, 5.74) is -0.387. The molecule has 1 atom stereocenters. The molecule has 0 bridgehead atoms. The fourth-order valence-corrected chi connectivity index (χ4v) is 4.06. The highest BCUT2D eigenvalue weighted by Gasteiger charge is 2.46. The maximum absolute atomic E-state index is 12.5. The molecule has 1 amide bonds. The molecule has 32 heavy (non-hydrogen) atoms. The van der Waals surface area contributed by atoms with E-state index in [2.05, 4.69) is 6.07 Å². The number of hydrogen-bond acceptors (Lipinski definition) is 7. The van der Waals surface area contributed by atoms with E-state index in [0.717, 1.165) is 0 Å². The molecular weight excluding hydrogens is 412 g/mol. The molecule has 0 aliphatic carbocycles. The highest BCUT2D eigenvalue weighted by molar-refractivity contribution is 5.89. The van der Waals surface area contributed by atoms with Crippen molar-refractivity contribution in [2.24, 2.45) is 5.41 Å². The third-order valence-electron chi connectivity index (χ3n) is 5.60. The van der Waals surface area contributed by atoms with Crippen LogP contribution in [0, 0.1) is 16.7 Å². The zero-order valence-corrected chi connectivity index (χ0v) is 19.5. The predicted octanol–water partition coefficient (Wildman–Crippen LogP) is 4.05. The third-order valence-corrected chi connectivity index (χ3v) is 5.60. The van der Waals surface area contributed by atoms with Gasteiger partial charge in [0, 0.05) is 18.5 Å². The summed E-state index contributed by atoms with van der Waals surface area (Å²) in [6.07, 6.45) is 0.477. The normalized spacial score (nSPS) is 16.4. The molecule has 1 aromatic rings. The number of ether oxygens (including phenoxy) is 3. The van der Waals surface area contributed by atoms with Crippen molar-refractivity contribution >= 4 is 18.0 Å². The first kappa shape index (κ1) is 25.2. The summed E-state index contributed by atoms with van der Waals surface area (Å²) < 4.78 is 15.5. The molecule has 1 aliphatic heterocycles. The summed E-state index contributed by atoms with van der Waals surface area (Å²) in [6, 6.07) is 9.06. The Morgan fingerprint density at radius 1 is 1.22 bits per heavy atom. The molecule has 1 aliphatic rings. The van der Waals surface area contributed by atoms with E-state index in [0.29, 0.717) is 37.1 Å². The van der Waals surface area contributed by atoms with E-state index >= 15 is 0 Å². The number of methoxy groups -OCH3 is 1. The highest BCUT2D eigenvalue weighted by atomic mass is 16.6. The number of rotatable bonds is 6. The Morgan fingerprint density at radius 2 is 1.88 bits per heavy atom. The Morgan fingerprint density at radius 3 is 2.41 bits per heavy atom. The summed E-state index contributed by atoms with van der Waals surface area (Å²) >= 11 is 0. The van der Waals surface area contributed by atoms with Crippen molar-refractivity contribution in [2.75, 3.05) is 26.8 Å². The Hall–Kier alpha value is -3.08. The predicted molar refractivity (Wildman–Crippen MR) is 117 cm³/mol. The lowest BCUT2D eigenvalue weighted by molar-refractivity contribution is -0.147. The van der Waals surface area contributed by atoms with Crippen LogP contribution in [0.4, 0.5) is 4.79 Å². The lowest BCUT2D eigenvalue weighted by atomic mass is 9.64. The van der Waals surface area contributed by atoms with Crippen LogP contribution in [0.5, 0.6) is 0 Å². The number of carbonyl (C=O) groups is 3. The van der Waals surface area contributed by atoms with Crippen LogP contribution in [0.2, 0.25) is 0 Å². The number of esters is 2. The van der Waals surface area contributed by atoms with Crippen LogP contribution in [0.3, 0.4) is 0 Å². The number of piperidine rings is 1. The lowest BCUT2D eigenvalue weighted by Gasteiger charge is -2.44. The smallest absolute Gasteiger partial charge is 0.410 e. The van der Waals surface area contributed by atoms with E-state index in [1.165, 1.54) is 7.11 Å². The summed E-state index contributed by atoms with van der Waals surface area (Å²) in [7, 11) is 1.30. The Kier molecular flexibility index (Phi) is 8.25. The van der Waals surface area contributed by atoms with Crippen LogP contribution in [0.15, 0.2) is 24.3 Å². The molecule has 174 valence electrons. The van der Waals surface area contributed by atoms with Crippen molar-refractivity contribution in [1.29, 1.82) is 5.26 Å². The van der Waals surface area contributed by atoms with Gasteiger partial charge in [0.15, 0.2) is 0 Å². The monoisotopic (exact) mass is 444 g/mol. The number of amides is 1. The van der Waals surface area contributed by atoms with E-state index in [1.807, 2.05) is 0 Å². The summed E-state index contributed by atoms with van der Waals surface area (Å²) in [5, 5.41) is 10.1. The van der Waals surface area contributed by atoms with Gasteiger partial charge in [0.1, 0.15) is 5.60 Å². The summed E-state index contributed by atoms with van der Waals surface area (Å²) in [6.45, 7) is 8.09. The SMILES string of the molecule is CCOC(=O)CC1(C(C#N)c2cccc(C(=O)OC)c2)CCN(C(=O)OC(C)(C)C)CC1. The number of likely N-dealkylation sites (tertiary alicyclic amines) is 1. The van der Waals surface area contributed by atoms with Gasteiger partial charge in [0.2, 0.25) is 0 Å². The molecule has 0 N–H and O–H groups in total. The third kappa shape index (κ3) is 6.22. The topological polar surface area (TPSA) is 106 Å². The first-order valence-electron chi connectivity index (χ1n) is 10.8. The average molecular weight is 445 g/mol. The van der Waals surface area contributed by atoms with Gasteiger partial charge in [0.25, 0.3) is 0 Å². The van der Waals surface area contributed by atoms with E-state index in [9.17, 15) is 19.6 Å². The molecule has 1 fully saturated rings. The first-order valence-corrected chi connectivity index (χ1v) is 10.8. The molecule has 0 aromatic heterocycles. The molecule has 1 unspecified atom stereocenters. The molecule has 8 heteroatoms. The summed E-state index contributed by atoms with van der Waals surface area (Å²) in [4.78, 5) is 38.6. The quantitative estimate of drug-likeness (QED) is 0.481. The zero-order valence-electron chi connectivity index (χ0n) is 19.5. The van der Waals surface area contributed by atoms with Crippen molar-refractivity contribution in [3.63, 3.8) is 0 Å². The molecular formula is C24H32N2O6. The van der Waals surface area contributed by atoms with Crippen molar-refractivity contribution in [3.8, 4) is 6.07 Å². The minimum absolute atomic E-state index is 0.0453. The van der Waals surface area contributed by atoms with Crippen molar-refractivity contribution in [2.45, 2.75) is 58.5 Å². The number of hydrogen-bond donors (Lipinski definition) is 0. The van der Waals surface area contributed by atoms with Gasteiger partial charge in [-0.25, -0.2) is 9.59 Å². The summed E-state index contributed by atoms with van der Waals surface area (Å²) in [5.74, 6) is -1.55. The minimum Gasteiger partial charge on any atom is -0.466 e. The second-order valence-corrected chi connectivity index (χ2v) is 8.99. The number of nitriles is 1. The Bertz CT molecular complexity index is 875. The molecule has 0 saturated carbocycles. The maximum atomic E-state index is 12.5. The van der Waals surface area contributed by atoms with Gasteiger partial charge in [-0.05, 0) is 58.2 Å². The molecule has 0 spiro atoms. The van der Waals surface area contributed by atoms with E-state index in [1.54, 1.807) is 56.9 Å². The number of benzene rings is 1. The standard InChI is InChI=1S/C24H32N2O6/c1-6-31-20(27)15-24(10-12-26(13-11-24)22(29)32-23(2,3)4)19(16-25)17-8-7-9-18(14-17)21(28)30-5/h7-9,14,19H,6,10-13,15H2,1-5H3. The fourth-order valence-electron chi connectivity index (χ4n) is 4.06. The maximum Gasteiger partial charge on any atom is 0.410 e. The van der Waals surface area contributed by atoms with Gasteiger partial charge in [-0.15, -0.1) is 0 Å². The van der Waals surface area contributed by atoms with Crippen LogP contribution in [-0.4, -0.2) is 55.3 Å². The van der Waals surface area contributed by atoms with E-state index in [-0.39, 0.29) is 19.0 Å². The Balaban J connectivity index is 2.34. The number of nitrogens with zero attached hydrogens (tertiary/aromatic N) is 2. The van der Waals surface area contributed by atoms with Crippen LogP contribution in [-0.2, 0) is 19.0 Å². The largest absolute Gasteiger partial charge is 0.466 e. The molecule has 1 aromatic carbocycles. The second kappa shape index (κ2) is 10.5. The molecule has 1 heterocycles. The molecule has 2 rings (SSSR count). The molecule has 8 nitrogen and oxygen atoms in total. The van der Waals surface area contributed by atoms with Gasteiger partial charge in [-0.1, -0.05) is 12.1 Å². The van der Waals surface area contributed by atoms with Crippen molar-refractivity contribution in [3.05, 3.63) is 35.4 Å². The van der Waals surface area contributed by atoms with Crippen LogP contribution < -0.4 is 0 Å². The molecule has 0 radical (unpaired) electrons. The van der Waals surface area contributed by atoms with Gasteiger partial charge in [-0.2, -0.15) is 5.26 Å². The lowest BCUT2D eigenvalue weighted by Crippen LogP contribution is -2.47. The van der Waals surface area contributed by atoms with Gasteiger partial charge in [0.05, 0.1) is 37.7 Å². The zero-order chi connectivity index (χ0) is 23.9. The van der Waals surface area contributed by atoms with Crippen LogP contribution in [0.1, 0.15) is 68.8 Å². The van der Waals surface area contributed by atoms with E-state index < -0.39 is 29.0 Å². The minimum atomic E-state index is -0.742. The number of carbonyl (C=O) groups excluding carboxylic acids is 3. The Labute approximate surface area is 189 Å². The average Bonchev–Trinajstić information content (AvgIpc) is 2.73. The highest BCUT2D eigenvalue weighted by Crippen LogP contribution is 2.47. The second-order valence-electron chi connectivity index (χ2n) is 8.99. The fraction of sp³-hybridized carbons (Fsp3) is 0.583.